The van der Waals surface area contributed by atoms with Crippen molar-refractivity contribution in [1.29, 1.82) is 0 Å². The lowest BCUT2D eigenvalue weighted by atomic mass is 9.78. The van der Waals surface area contributed by atoms with Gasteiger partial charge in [-0.3, -0.25) is 14.2 Å². The van der Waals surface area contributed by atoms with Crippen molar-refractivity contribution < 1.29 is 4.79 Å². The van der Waals surface area contributed by atoms with Crippen LogP contribution in [0, 0.1) is 5.41 Å². The minimum absolute atomic E-state index is 0.00100. The van der Waals surface area contributed by atoms with Crippen LogP contribution in [0.2, 0.25) is 5.02 Å². The minimum atomic E-state index is -0.192. The number of carbonyl (C=O) groups excluding carboxylic acids is 1. The molecule has 34 heavy (non-hydrogen) atoms. The first kappa shape index (κ1) is 23.0. The number of nitrogens with zero attached hydrogens (tertiary/aromatic N) is 3. The standard InChI is InChI=1S/C26H32ClN5O2/c1-18(2)29-24(33)16-32-23(19-4-3-5-20(27)12-19)15-31-14-21(13-22(31)25(32)34)30-10-7-26(8-11-30)6-9-28-17-26/h3-5,12-15,18,28H,6-11,16-17H2,1-2H3,(H,29,33). The van der Waals surface area contributed by atoms with Gasteiger partial charge in [-0.15, -0.1) is 0 Å². The molecule has 2 N–H and O–H groups in total. The molecule has 1 spiro atoms. The molecule has 2 aromatic heterocycles. The van der Waals surface area contributed by atoms with Crippen molar-refractivity contribution in [3.63, 3.8) is 0 Å². The first-order valence-corrected chi connectivity index (χ1v) is 12.5. The van der Waals surface area contributed by atoms with Crippen molar-refractivity contribution >= 4 is 28.7 Å². The number of hydrogen-bond donors (Lipinski definition) is 2. The molecule has 8 heteroatoms. The van der Waals surface area contributed by atoms with Crippen molar-refractivity contribution in [2.24, 2.45) is 5.41 Å². The maximum atomic E-state index is 13.6. The Balaban J connectivity index is 1.53. The molecule has 0 atom stereocenters. The van der Waals surface area contributed by atoms with Gasteiger partial charge in [-0.2, -0.15) is 0 Å². The van der Waals surface area contributed by atoms with Gasteiger partial charge in [0.2, 0.25) is 5.91 Å². The van der Waals surface area contributed by atoms with Crippen LogP contribution in [0.4, 0.5) is 5.69 Å². The molecule has 5 rings (SSSR count). The fourth-order valence-electron chi connectivity index (χ4n) is 5.37. The number of anilines is 1. The van der Waals surface area contributed by atoms with Crippen LogP contribution in [-0.4, -0.2) is 47.1 Å². The maximum absolute atomic E-state index is 13.6. The van der Waals surface area contributed by atoms with E-state index in [2.05, 4.69) is 15.5 Å². The molecular formula is C26H32ClN5O2. The highest BCUT2D eigenvalue weighted by atomic mass is 35.5. The quantitative estimate of drug-likeness (QED) is 0.585. The Labute approximate surface area is 204 Å². The van der Waals surface area contributed by atoms with E-state index in [-0.39, 0.29) is 24.1 Å². The van der Waals surface area contributed by atoms with Gasteiger partial charge < -0.3 is 19.9 Å². The topological polar surface area (TPSA) is 70.8 Å². The summed E-state index contributed by atoms with van der Waals surface area (Å²) in [7, 11) is 0. The summed E-state index contributed by atoms with van der Waals surface area (Å²) >= 11 is 6.25. The number of fused-ring (bicyclic) bond motifs is 1. The van der Waals surface area contributed by atoms with E-state index >= 15 is 0 Å². The van der Waals surface area contributed by atoms with Gasteiger partial charge >= 0.3 is 0 Å². The van der Waals surface area contributed by atoms with Crippen molar-refractivity contribution in [3.8, 4) is 11.3 Å². The van der Waals surface area contributed by atoms with Crippen molar-refractivity contribution in [3.05, 3.63) is 58.1 Å². The molecular weight excluding hydrogens is 450 g/mol. The van der Waals surface area contributed by atoms with Gasteiger partial charge in [-0.25, -0.2) is 0 Å². The van der Waals surface area contributed by atoms with Crippen molar-refractivity contribution in [2.45, 2.75) is 45.7 Å². The van der Waals surface area contributed by atoms with E-state index in [1.807, 2.05) is 54.9 Å². The second-order valence-corrected chi connectivity index (χ2v) is 10.5. The molecule has 2 aliphatic heterocycles. The number of rotatable bonds is 5. The third kappa shape index (κ3) is 4.46. The summed E-state index contributed by atoms with van der Waals surface area (Å²) in [5.41, 5.74) is 3.34. The Bertz CT molecular complexity index is 1260. The number of benzene rings is 1. The predicted molar refractivity (Wildman–Crippen MR) is 137 cm³/mol. The molecule has 0 saturated carbocycles. The van der Waals surface area contributed by atoms with Gasteiger partial charge in [0, 0.05) is 48.7 Å². The number of amides is 1. The summed E-state index contributed by atoms with van der Waals surface area (Å²) < 4.78 is 3.45. The lowest BCUT2D eigenvalue weighted by molar-refractivity contribution is -0.122. The van der Waals surface area contributed by atoms with Crippen LogP contribution in [0.1, 0.15) is 33.1 Å². The lowest BCUT2D eigenvalue weighted by Gasteiger charge is -2.39. The largest absolute Gasteiger partial charge is 0.370 e. The Morgan fingerprint density at radius 3 is 2.65 bits per heavy atom. The average Bonchev–Trinajstić information content (AvgIpc) is 3.43. The van der Waals surface area contributed by atoms with Crippen LogP contribution in [0.3, 0.4) is 0 Å². The molecule has 2 fully saturated rings. The number of nitrogens with one attached hydrogen (secondary N) is 2. The molecule has 2 saturated heterocycles. The van der Waals surface area contributed by atoms with Crippen LogP contribution in [0.25, 0.3) is 16.8 Å². The van der Waals surface area contributed by atoms with Crippen molar-refractivity contribution in [2.75, 3.05) is 31.1 Å². The van der Waals surface area contributed by atoms with Gasteiger partial charge in [0.15, 0.2) is 0 Å². The Morgan fingerprint density at radius 1 is 1.18 bits per heavy atom. The van der Waals surface area contributed by atoms with Gasteiger partial charge in [-0.05, 0) is 63.3 Å². The van der Waals surface area contributed by atoms with E-state index in [1.165, 1.54) is 19.3 Å². The fourth-order valence-corrected chi connectivity index (χ4v) is 5.56. The highest BCUT2D eigenvalue weighted by Gasteiger charge is 2.37. The average molecular weight is 482 g/mol. The van der Waals surface area contributed by atoms with E-state index < -0.39 is 0 Å². The van der Waals surface area contributed by atoms with Crippen LogP contribution < -0.4 is 21.1 Å². The molecule has 0 unspecified atom stereocenters. The monoisotopic (exact) mass is 481 g/mol. The van der Waals surface area contributed by atoms with Crippen LogP contribution >= 0.6 is 11.6 Å². The molecule has 2 aliphatic rings. The molecule has 1 amide bonds. The van der Waals surface area contributed by atoms with Crippen LogP contribution in [-0.2, 0) is 11.3 Å². The highest BCUT2D eigenvalue weighted by molar-refractivity contribution is 6.30. The first-order valence-electron chi connectivity index (χ1n) is 12.1. The summed E-state index contributed by atoms with van der Waals surface area (Å²) in [5.74, 6) is -0.192. The maximum Gasteiger partial charge on any atom is 0.275 e. The van der Waals surface area contributed by atoms with Gasteiger partial charge in [0.25, 0.3) is 5.56 Å². The highest BCUT2D eigenvalue weighted by Crippen LogP contribution is 2.38. The second-order valence-electron chi connectivity index (χ2n) is 10.0. The normalized spacial score (nSPS) is 17.7. The van der Waals surface area contributed by atoms with Gasteiger partial charge in [0.1, 0.15) is 12.1 Å². The molecule has 0 bridgehead atoms. The van der Waals surface area contributed by atoms with E-state index in [0.717, 1.165) is 37.4 Å². The zero-order valence-electron chi connectivity index (χ0n) is 19.8. The molecule has 3 aromatic rings. The van der Waals surface area contributed by atoms with E-state index in [1.54, 1.807) is 10.6 Å². The summed E-state index contributed by atoms with van der Waals surface area (Å²) in [4.78, 5) is 28.6. The smallest absolute Gasteiger partial charge is 0.275 e. The fraction of sp³-hybridized carbons (Fsp3) is 0.462. The van der Waals surface area contributed by atoms with E-state index in [9.17, 15) is 9.59 Å². The number of aromatic nitrogens is 2. The molecule has 0 radical (unpaired) electrons. The third-order valence-corrected chi connectivity index (χ3v) is 7.48. The minimum Gasteiger partial charge on any atom is -0.370 e. The zero-order chi connectivity index (χ0) is 23.9. The summed E-state index contributed by atoms with van der Waals surface area (Å²) in [5, 5.41) is 6.99. The Morgan fingerprint density at radius 2 is 1.97 bits per heavy atom. The second kappa shape index (κ2) is 9.12. The molecule has 0 aliphatic carbocycles. The molecule has 7 nitrogen and oxygen atoms in total. The predicted octanol–water partition coefficient (Wildman–Crippen LogP) is 3.53. The number of piperidine rings is 1. The summed E-state index contributed by atoms with van der Waals surface area (Å²) in [6.07, 6.45) is 7.55. The Kier molecular flexibility index (Phi) is 6.16. The molecule has 4 heterocycles. The van der Waals surface area contributed by atoms with Gasteiger partial charge in [0.05, 0.1) is 11.4 Å². The third-order valence-electron chi connectivity index (χ3n) is 7.24. The van der Waals surface area contributed by atoms with Crippen LogP contribution in [0.5, 0.6) is 0 Å². The number of halogens is 1. The molecule has 180 valence electrons. The van der Waals surface area contributed by atoms with E-state index in [4.69, 9.17) is 11.6 Å². The SMILES string of the molecule is CC(C)NC(=O)Cn1c(-c2cccc(Cl)c2)cn2cc(N3CCC4(CCNC4)CC3)cc2c1=O. The number of hydrogen-bond acceptors (Lipinski definition) is 4. The van der Waals surface area contributed by atoms with Gasteiger partial charge in [-0.1, -0.05) is 23.7 Å². The van der Waals surface area contributed by atoms with Crippen LogP contribution in [0.15, 0.2) is 47.5 Å². The lowest BCUT2D eigenvalue weighted by Crippen LogP contribution is -2.41. The number of carbonyl (C=O) groups is 1. The summed E-state index contributed by atoms with van der Waals surface area (Å²) in [6, 6.07) is 9.35. The molecule has 1 aromatic carbocycles. The van der Waals surface area contributed by atoms with Crippen molar-refractivity contribution in [1.82, 2.24) is 19.6 Å². The Hall–Kier alpha value is -2.77. The van der Waals surface area contributed by atoms with E-state index in [0.29, 0.717) is 21.6 Å². The first-order chi connectivity index (χ1) is 16.3. The summed E-state index contributed by atoms with van der Waals surface area (Å²) in [6.45, 7) is 7.98. The zero-order valence-corrected chi connectivity index (χ0v) is 20.6.